The van der Waals surface area contributed by atoms with Crippen LogP contribution in [0.4, 0.5) is 18.9 Å². The molecule has 0 aliphatic heterocycles. The SMILES string of the molecule is N=NC(=N)c1cc(NC(=O)C(Cc2ccc(C(=O)NCCC(=O)O)cc2)c2ccc(C3=CCCCC3)cc2)ccc1OC(F)(F)F. The van der Waals surface area contributed by atoms with E-state index in [1.165, 1.54) is 11.6 Å². The summed E-state index contributed by atoms with van der Waals surface area (Å²) in [7, 11) is 0. The van der Waals surface area contributed by atoms with Crippen molar-refractivity contribution in [2.75, 3.05) is 11.9 Å². The fourth-order valence-electron chi connectivity index (χ4n) is 5.10. The van der Waals surface area contributed by atoms with Crippen LogP contribution in [0, 0.1) is 10.9 Å². The highest BCUT2D eigenvalue weighted by molar-refractivity contribution is 6.02. The first-order chi connectivity index (χ1) is 21.9. The van der Waals surface area contributed by atoms with Gasteiger partial charge in [0, 0.05) is 17.8 Å². The van der Waals surface area contributed by atoms with Crippen LogP contribution in [0.1, 0.15) is 70.6 Å². The summed E-state index contributed by atoms with van der Waals surface area (Å²) in [6, 6.07) is 17.4. The minimum absolute atomic E-state index is 0.0224. The van der Waals surface area contributed by atoms with Gasteiger partial charge < -0.3 is 20.5 Å². The molecule has 0 saturated carbocycles. The highest BCUT2D eigenvalue weighted by atomic mass is 19.4. The van der Waals surface area contributed by atoms with Crippen molar-refractivity contribution in [2.45, 2.75) is 50.8 Å². The molecule has 2 amide bonds. The average Bonchev–Trinajstić information content (AvgIpc) is 3.04. The lowest BCUT2D eigenvalue weighted by molar-refractivity contribution is -0.274. The molecule has 0 spiro atoms. The Morgan fingerprint density at radius 3 is 2.33 bits per heavy atom. The molecule has 1 aliphatic carbocycles. The number of alkyl halides is 3. The normalized spacial score (nSPS) is 13.6. The number of allylic oxidation sites excluding steroid dienone is 2. The highest BCUT2D eigenvalue weighted by Crippen LogP contribution is 2.32. The minimum Gasteiger partial charge on any atom is -0.481 e. The largest absolute Gasteiger partial charge is 0.573 e. The standard InChI is InChI=1S/C33H32F3N5O5/c34-33(35,36)46-28-15-14-25(19-27(28)30(37)41-38)40-32(45)26(23-12-10-22(11-13-23)21-4-2-1-3-5-21)18-20-6-8-24(9-7-20)31(44)39-17-16-29(42)43/h4,6-15,19,26,37-38H,1-3,5,16-18H2,(H,39,44)(H,40,45)(H,42,43). The number of amidine groups is 1. The van der Waals surface area contributed by atoms with Crippen molar-refractivity contribution < 1.29 is 37.4 Å². The number of nitrogens with one attached hydrogen (secondary N) is 4. The van der Waals surface area contributed by atoms with E-state index < -0.39 is 47.2 Å². The van der Waals surface area contributed by atoms with Gasteiger partial charge in [0.1, 0.15) is 5.75 Å². The number of anilines is 1. The maximum absolute atomic E-state index is 13.8. The quantitative estimate of drug-likeness (QED) is 0.0815. The number of carbonyl (C=O) groups is 3. The molecule has 3 aromatic carbocycles. The number of aliphatic carboxylic acids is 1. The molecule has 10 nitrogen and oxygen atoms in total. The van der Waals surface area contributed by atoms with Gasteiger partial charge in [0.05, 0.1) is 17.9 Å². The van der Waals surface area contributed by atoms with Gasteiger partial charge in [0.2, 0.25) is 5.91 Å². The van der Waals surface area contributed by atoms with E-state index in [2.05, 4.69) is 26.6 Å². The number of rotatable bonds is 12. The first-order valence-electron chi connectivity index (χ1n) is 14.5. The first kappa shape index (κ1) is 33.6. The van der Waals surface area contributed by atoms with Crippen molar-refractivity contribution in [2.24, 2.45) is 5.11 Å². The Kier molecular flexibility index (Phi) is 11.0. The summed E-state index contributed by atoms with van der Waals surface area (Å²) in [5.41, 5.74) is 10.8. The maximum Gasteiger partial charge on any atom is 0.573 e. The summed E-state index contributed by atoms with van der Waals surface area (Å²) in [6.07, 6.45) is 1.39. The molecule has 4 rings (SSSR count). The second-order valence-corrected chi connectivity index (χ2v) is 10.7. The number of benzene rings is 3. The van der Waals surface area contributed by atoms with Crippen molar-refractivity contribution in [3.63, 3.8) is 0 Å². The van der Waals surface area contributed by atoms with Crippen LogP contribution in [0.25, 0.3) is 5.57 Å². The van der Waals surface area contributed by atoms with E-state index in [-0.39, 0.29) is 25.1 Å². The van der Waals surface area contributed by atoms with Crippen LogP contribution >= 0.6 is 0 Å². The molecule has 0 heterocycles. The number of amides is 2. The molecule has 240 valence electrons. The van der Waals surface area contributed by atoms with Crippen molar-refractivity contribution >= 4 is 34.9 Å². The van der Waals surface area contributed by atoms with Crippen LogP contribution in [0.3, 0.4) is 0 Å². The van der Waals surface area contributed by atoms with Crippen molar-refractivity contribution in [1.29, 1.82) is 10.9 Å². The van der Waals surface area contributed by atoms with E-state index in [0.29, 0.717) is 16.7 Å². The molecular formula is C33H32F3N5O5. The van der Waals surface area contributed by atoms with Gasteiger partial charge in [0.25, 0.3) is 5.91 Å². The number of carboxylic acid groups (broad SMARTS) is 1. The minimum atomic E-state index is -5.04. The molecule has 46 heavy (non-hydrogen) atoms. The lowest BCUT2D eigenvalue weighted by Gasteiger charge is -2.20. The zero-order valence-electron chi connectivity index (χ0n) is 24.6. The van der Waals surface area contributed by atoms with Crippen LogP contribution in [-0.2, 0) is 16.0 Å². The van der Waals surface area contributed by atoms with E-state index in [9.17, 15) is 27.6 Å². The van der Waals surface area contributed by atoms with E-state index in [1.54, 1.807) is 24.3 Å². The third-order valence-corrected chi connectivity index (χ3v) is 7.41. The van der Waals surface area contributed by atoms with Crippen molar-refractivity contribution in [3.8, 4) is 5.75 Å². The summed E-state index contributed by atoms with van der Waals surface area (Å²) >= 11 is 0. The summed E-state index contributed by atoms with van der Waals surface area (Å²) < 4.78 is 42.7. The Labute approximate surface area is 262 Å². The van der Waals surface area contributed by atoms with Gasteiger partial charge >= 0.3 is 12.3 Å². The highest BCUT2D eigenvalue weighted by Gasteiger charge is 2.33. The predicted octanol–water partition coefficient (Wildman–Crippen LogP) is 7.07. The average molecular weight is 636 g/mol. The molecule has 3 aromatic rings. The molecule has 0 fully saturated rings. The van der Waals surface area contributed by atoms with E-state index in [0.717, 1.165) is 43.4 Å². The summed E-state index contributed by atoms with van der Waals surface area (Å²) in [5, 5.41) is 24.7. The molecule has 13 heteroatoms. The van der Waals surface area contributed by atoms with Gasteiger partial charge in [-0.1, -0.05) is 42.5 Å². The molecule has 1 unspecified atom stereocenters. The molecule has 0 bridgehead atoms. The van der Waals surface area contributed by atoms with Gasteiger partial charge in [-0.3, -0.25) is 19.8 Å². The molecule has 0 aromatic heterocycles. The molecule has 0 radical (unpaired) electrons. The summed E-state index contributed by atoms with van der Waals surface area (Å²) in [6.45, 7) is -0.0224. The number of ether oxygens (including phenoxy) is 1. The zero-order chi connectivity index (χ0) is 33.3. The molecular weight excluding hydrogens is 603 g/mol. The number of hydrogen-bond donors (Lipinski definition) is 5. The van der Waals surface area contributed by atoms with E-state index in [1.807, 2.05) is 24.3 Å². The van der Waals surface area contributed by atoms with Crippen LogP contribution in [0.5, 0.6) is 5.75 Å². The molecule has 1 aliphatic rings. The van der Waals surface area contributed by atoms with Crippen LogP contribution in [0.15, 0.2) is 77.9 Å². The van der Waals surface area contributed by atoms with Gasteiger partial charge in [-0.25, -0.2) is 5.53 Å². The number of halogens is 3. The zero-order valence-corrected chi connectivity index (χ0v) is 24.6. The van der Waals surface area contributed by atoms with Crippen LogP contribution in [0.2, 0.25) is 0 Å². The molecule has 5 N–H and O–H groups in total. The van der Waals surface area contributed by atoms with Gasteiger partial charge in [-0.15, -0.1) is 18.3 Å². The van der Waals surface area contributed by atoms with Crippen molar-refractivity contribution in [3.05, 3.63) is 101 Å². The number of carbonyl (C=O) groups excluding carboxylic acids is 2. The topological polar surface area (TPSA) is 165 Å². The number of carboxylic acids is 1. The lowest BCUT2D eigenvalue weighted by atomic mass is 9.88. The Balaban J connectivity index is 1.60. The lowest BCUT2D eigenvalue weighted by Crippen LogP contribution is -2.26. The Morgan fingerprint density at radius 1 is 1.00 bits per heavy atom. The Hall–Kier alpha value is -5.33. The summed E-state index contributed by atoms with van der Waals surface area (Å²) in [5.74, 6) is -4.23. The fourth-order valence-corrected chi connectivity index (χ4v) is 5.10. The fraction of sp³-hybridized carbons (Fsp3) is 0.273. The van der Waals surface area contributed by atoms with Crippen LogP contribution < -0.4 is 15.4 Å². The van der Waals surface area contributed by atoms with E-state index in [4.69, 9.17) is 16.0 Å². The second kappa shape index (κ2) is 15.1. The third-order valence-electron chi connectivity index (χ3n) is 7.41. The molecule has 1 atom stereocenters. The Morgan fingerprint density at radius 2 is 1.72 bits per heavy atom. The van der Waals surface area contributed by atoms with Gasteiger partial charge in [0.15, 0.2) is 5.84 Å². The maximum atomic E-state index is 13.8. The Bertz CT molecular complexity index is 1640. The first-order valence-corrected chi connectivity index (χ1v) is 14.5. The number of nitrogens with zero attached hydrogens (tertiary/aromatic N) is 1. The summed E-state index contributed by atoms with van der Waals surface area (Å²) in [4.78, 5) is 36.9. The van der Waals surface area contributed by atoms with Crippen LogP contribution in [-0.4, -0.2) is 41.6 Å². The van der Waals surface area contributed by atoms with Gasteiger partial charge in [-0.2, -0.15) is 0 Å². The predicted molar refractivity (Wildman–Crippen MR) is 164 cm³/mol. The third kappa shape index (κ3) is 9.34. The molecule has 0 saturated heterocycles. The van der Waals surface area contributed by atoms with E-state index >= 15 is 0 Å². The monoisotopic (exact) mass is 635 g/mol. The van der Waals surface area contributed by atoms with Crippen molar-refractivity contribution in [1.82, 2.24) is 5.32 Å². The number of hydrogen-bond acceptors (Lipinski definition) is 6. The second-order valence-electron chi connectivity index (χ2n) is 10.7. The van der Waals surface area contributed by atoms with Gasteiger partial charge in [-0.05, 0) is 84.7 Å². The smallest absolute Gasteiger partial charge is 0.481 e.